The quantitative estimate of drug-likeness (QED) is 0.730. The van der Waals surface area contributed by atoms with Gasteiger partial charge in [-0.1, -0.05) is 0 Å². The molecule has 0 radical (unpaired) electrons. The van der Waals surface area contributed by atoms with Crippen LogP contribution in [0.15, 0.2) is 18.3 Å². The largest absolute Gasteiger partial charge is 0.307 e. The standard InChI is InChI=1S/C9H9FN4/c10-6-1-2-8-12-13-9(14(8)5-6)7-3-4-11-7/h1-2,5,7,11H,3-4H2. The van der Waals surface area contributed by atoms with Gasteiger partial charge in [-0.25, -0.2) is 4.39 Å². The van der Waals surface area contributed by atoms with Crippen LogP contribution in [0.2, 0.25) is 0 Å². The molecular formula is C9H9FN4. The number of aromatic nitrogens is 3. The highest BCUT2D eigenvalue weighted by Gasteiger charge is 2.23. The summed E-state index contributed by atoms with van der Waals surface area (Å²) in [5, 5.41) is 11.2. The molecule has 14 heavy (non-hydrogen) atoms. The molecule has 0 bridgehead atoms. The highest BCUT2D eigenvalue weighted by Crippen LogP contribution is 2.21. The Hall–Kier alpha value is -1.49. The Morgan fingerprint density at radius 2 is 2.29 bits per heavy atom. The summed E-state index contributed by atoms with van der Waals surface area (Å²) in [6.07, 6.45) is 2.46. The molecule has 1 N–H and O–H groups in total. The summed E-state index contributed by atoms with van der Waals surface area (Å²) in [4.78, 5) is 0. The van der Waals surface area contributed by atoms with E-state index in [9.17, 15) is 4.39 Å². The molecule has 72 valence electrons. The fraction of sp³-hybridized carbons (Fsp3) is 0.333. The molecule has 0 spiro atoms. The lowest BCUT2D eigenvalue weighted by atomic mass is 10.1. The van der Waals surface area contributed by atoms with Crippen molar-refractivity contribution >= 4 is 5.65 Å². The third-order valence-corrected chi connectivity index (χ3v) is 2.53. The number of fused-ring (bicyclic) bond motifs is 1. The maximum Gasteiger partial charge on any atom is 0.160 e. The predicted octanol–water partition coefficient (Wildman–Crippen LogP) is 0.903. The van der Waals surface area contributed by atoms with Gasteiger partial charge in [0.1, 0.15) is 5.82 Å². The molecule has 0 aromatic carbocycles. The molecule has 0 aliphatic carbocycles. The van der Waals surface area contributed by atoms with E-state index in [1.807, 2.05) is 0 Å². The number of nitrogens with one attached hydrogen (secondary N) is 1. The van der Waals surface area contributed by atoms with Crippen LogP contribution in [-0.4, -0.2) is 21.1 Å². The Kier molecular flexibility index (Phi) is 1.55. The molecule has 5 heteroatoms. The monoisotopic (exact) mass is 192 g/mol. The minimum absolute atomic E-state index is 0.229. The summed E-state index contributed by atoms with van der Waals surface area (Å²) in [5.41, 5.74) is 0.690. The van der Waals surface area contributed by atoms with Gasteiger partial charge in [-0.2, -0.15) is 0 Å². The molecule has 0 saturated carbocycles. The highest BCUT2D eigenvalue weighted by atomic mass is 19.1. The molecule has 1 fully saturated rings. The summed E-state index contributed by atoms with van der Waals surface area (Å²) in [5.74, 6) is 0.531. The van der Waals surface area contributed by atoms with Gasteiger partial charge in [0.15, 0.2) is 11.5 Å². The van der Waals surface area contributed by atoms with Gasteiger partial charge in [0, 0.05) is 6.20 Å². The van der Waals surface area contributed by atoms with E-state index < -0.39 is 0 Å². The zero-order chi connectivity index (χ0) is 9.54. The fourth-order valence-electron chi connectivity index (χ4n) is 1.63. The smallest absolute Gasteiger partial charge is 0.160 e. The van der Waals surface area contributed by atoms with Crippen molar-refractivity contribution in [3.05, 3.63) is 30.0 Å². The van der Waals surface area contributed by atoms with Crippen molar-refractivity contribution in [2.45, 2.75) is 12.5 Å². The van der Waals surface area contributed by atoms with Crippen molar-refractivity contribution < 1.29 is 4.39 Å². The first-order valence-corrected chi connectivity index (χ1v) is 4.58. The Balaban J connectivity index is 2.18. The third kappa shape index (κ3) is 1.02. The van der Waals surface area contributed by atoms with Crippen LogP contribution in [0.3, 0.4) is 0 Å². The van der Waals surface area contributed by atoms with E-state index in [0.29, 0.717) is 5.65 Å². The summed E-state index contributed by atoms with van der Waals surface area (Å²) < 4.78 is 14.7. The number of hydrogen-bond donors (Lipinski definition) is 1. The van der Waals surface area contributed by atoms with Crippen molar-refractivity contribution in [2.24, 2.45) is 0 Å². The first kappa shape index (κ1) is 7.87. The van der Waals surface area contributed by atoms with E-state index in [4.69, 9.17) is 0 Å². The summed E-state index contributed by atoms with van der Waals surface area (Å²) in [6.45, 7) is 0.995. The number of nitrogens with zero attached hydrogens (tertiary/aromatic N) is 3. The molecule has 1 saturated heterocycles. The molecule has 0 amide bonds. The van der Waals surface area contributed by atoms with Crippen LogP contribution in [0.4, 0.5) is 4.39 Å². The molecule has 3 heterocycles. The van der Waals surface area contributed by atoms with Crippen LogP contribution in [0, 0.1) is 5.82 Å². The van der Waals surface area contributed by atoms with Crippen LogP contribution < -0.4 is 5.32 Å². The van der Waals surface area contributed by atoms with Gasteiger partial charge < -0.3 is 5.32 Å². The minimum Gasteiger partial charge on any atom is -0.307 e. The second kappa shape index (κ2) is 2.75. The molecule has 3 rings (SSSR count). The van der Waals surface area contributed by atoms with Crippen molar-refractivity contribution in [3.63, 3.8) is 0 Å². The minimum atomic E-state index is -0.266. The van der Waals surface area contributed by atoms with E-state index in [-0.39, 0.29) is 11.9 Å². The maximum atomic E-state index is 13.0. The van der Waals surface area contributed by atoms with Gasteiger partial charge in [0.25, 0.3) is 0 Å². The second-order valence-corrected chi connectivity index (χ2v) is 3.43. The summed E-state index contributed by atoms with van der Waals surface area (Å²) in [6, 6.07) is 3.25. The Labute approximate surface area is 79.8 Å². The van der Waals surface area contributed by atoms with E-state index in [1.165, 1.54) is 12.3 Å². The highest BCUT2D eigenvalue weighted by molar-refractivity contribution is 5.38. The number of halogens is 1. The Morgan fingerprint density at radius 3 is 3.00 bits per heavy atom. The zero-order valence-electron chi connectivity index (χ0n) is 7.44. The van der Waals surface area contributed by atoms with E-state index in [2.05, 4.69) is 15.5 Å². The summed E-state index contributed by atoms with van der Waals surface area (Å²) in [7, 11) is 0. The number of hydrogen-bond acceptors (Lipinski definition) is 3. The first-order chi connectivity index (χ1) is 6.84. The molecule has 1 atom stereocenters. The molecule has 1 aliphatic rings. The fourth-order valence-corrected chi connectivity index (χ4v) is 1.63. The zero-order valence-corrected chi connectivity index (χ0v) is 7.44. The van der Waals surface area contributed by atoms with E-state index >= 15 is 0 Å². The normalized spacial score (nSPS) is 21.1. The SMILES string of the molecule is Fc1ccc2nnc(C3CCN3)n2c1. The van der Waals surface area contributed by atoms with Gasteiger partial charge in [-0.3, -0.25) is 4.40 Å². The van der Waals surface area contributed by atoms with E-state index in [0.717, 1.165) is 18.8 Å². The van der Waals surface area contributed by atoms with Crippen molar-refractivity contribution in [2.75, 3.05) is 6.54 Å². The molecule has 2 aromatic rings. The lowest BCUT2D eigenvalue weighted by Crippen LogP contribution is -2.36. The van der Waals surface area contributed by atoms with Crippen LogP contribution in [0.1, 0.15) is 18.3 Å². The molecule has 1 aliphatic heterocycles. The topological polar surface area (TPSA) is 42.2 Å². The maximum absolute atomic E-state index is 13.0. The van der Waals surface area contributed by atoms with Gasteiger partial charge in [0.2, 0.25) is 0 Å². The van der Waals surface area contributed by atoms with Crippen LogP contribution in [0.25, 0.3) is 5.65 Å². The second-order valence-electron chi connectivity index (χ2n) is 3.43. The van der Waals surface area contributed by atoms with Crippen molar-refractivity contribution in [1.82, 2.24) is 19.9 Å². The number of rotatable bonds is 1. The van der Waals surface area contributed by atoms with Gasteiger partial charge in [-0.05, 0) is 25.1 Å². The molecule has 2 aromatic heterocycles. The lowest BCUT2D eigenvalue weighted by Gasteiger charge is -2.25. The molecular weight excluding hydrogens is 183 g/mol. The third-order valence-electron chi connectivity index (χ3n) is 2.53. The molecule has 4 nitrogen and oxygen atoms in total. The average Bonchev–Trinajstić information content (AvgIpc) is 2.46. The summed E-state index contributed by atoms with van der Waals surface area (Å²) >= 11 is 0. The van der Waals surface area contributed by atoms with Crippen molar-refractivity contribution in [1.29, 1.82) is 0 Å². The van der Waals surface area contributed by atoms with Gasteiger partial charge in [0.05, 0.1) is 6.04 Å². The van der Waals surface area contributed by atoms with Crippen LogP contribution in [0.5, 0.6) is 0 Å². The van der Waals surface area contributed by atoms with Crippen LogP contribution in [-0.2, 0) is 0 Å². The Bertz CT molecular complexity index is 475. The average molecular weight is 192 g/mol. The molecule has 1 unspecified atom stereocenters. The Morgan fingerprint density at radius 1 is 1.43 bits per heavy atom. The van der Waals surface area contributed by atoms with Crippen LogP contribution >= 0.6 is 0 Å². The predicted molar refractivity (Wildman–Crippen MR) is 48.3 cm³/mol. The lowest BCUT2D eigenvalue weighted by molar-refractivity contribution is 0.363. The van der Waals surface area contributed by atoms with Gasteiger partial charge in [-0.15, -0.1) is 10.2 Å². The van der Waals surface area contributed by atoms with Crippen molar-refractivity contribution in [3.8, 4) is 0 Å². The van der Waals surface area contributed by atoms with Gasteiger partial charge >= 0.3 is 0 Å². The van der Waals surface area contributed by atoms with E-state index in [1.54, 1.807) is 10.5 Å². The first-order valence-electron chi connectivity index (χ1n) is 4.58. The number of pyridine rings is 1.